The molecule has 1 aliphatic heterocycles. The number of likely N-dealkylation sites (N-methyl/N-ethyl adjacent to an activating group) is 1. The van der Waals surface area contributed by atoms with Crippen molar-refractivity contribution >= 4 is 17.5 Å². The number of nitrogens with zero attached hydrogens (tertiary/aromatic N) is 1. The summed E-state index contributed by atoms with van der Waals surface area (Å²) in [5.74, 6) is 0.855. The summed E-state index contributed by atoms with van der Waals surface area (Å²) in [7, 11) is 1.86. The fourth-order valence-electron chi connectivity index (χ4n) is 2.81. The van der Waals surface area contributed by atoms with Gasteiger partial charge in [0.1, 0.15) is 0 Å². The quantitative estimate of drug-likeness (QED) is 0.925. The fourth-order valence-corrected chi connectivity index (χ4v) is 3.02. The smallest absolute Gasteiger partial charge is 0.239 e. The fraction of sp³-hybridized carbons (Fsp3) is 0.562. The summed E-state index contributed by atoms with van der Waals surface area (Å²) in [5.41, 5.74) is 1.07. The summed E-state index contributed by atoms with van der Waals surface area (Å²) in [5, 5.41) is 4.06. The van der Waals surface area contributed by atoms with E-state index in [4.69, 9.17) is 11.6 Å². The zero-order valence-electron chi connectivity index (χ0n) is 12.2. The van der Waals surface area contributed by atoms with Crippen LogP contribution in [0.3, 0.4) is 0 Å². The lowest BCUT2D eigenvalue weighted by atomic mass is 9.90. The third-order valence-electron chi connectivity index (χ3n) is 4.07. The van der Waals surface area contributed by atoms with Gasteiger partial charge >= 0.3 is 0 Å². The molecule has 4 heteroatoms. The molecule has 1 aromatic rings. The van der Waals surface area contributed by atoms with Crippen molar-refractivity contribution in [1.29, 1.82) is 0 Å². The number of halogens is 1. The third kappa shape index (κ3) is 3.97. The second kappa shape index (κ2) is 7.09. The Balaban J connectivity index is 1.94. The van der Waals surface area contributed by atoms with E-state index in [9.17, 15) is 4.79 Å². The highest BCUT2D eigenvalue weighted by Gasteiger charge is 2.27. The maximum Gasteiger partial charge on any atom is 0.239 e. The van der Waals surface area contributed by atoms with Crippen LogP contribution in [0, 0.1) is 5.92 Å². The molecule has 2 rings (SSSR count). The van der Waals surface area contributed by atoms with Crippen molar-refractivity contribution in [2.45, 2.75) is 38.8 Å². The number of piperidine rings is 1. The maximum atomic E-state index is 12.5. The van der Waals surface area contributed by atoms with Crippen LogP contribution in [0.2, 0.25) is 5.02 Å². The van der Waals surface area contributed by atoms with Crippen LogP contribution in [-0.4, -0.2) is 30.4 Å². The van der Waals surface area contributed by atoms with E-state index in [0.717, 1.165) is 24.9 Å². The summed E-state index contributed by atoms with van der Waals surface area (Å²) in [6.07, 6.45) is 3.29. The van der Waals surface area contributed by atoms with E-state index in [1.165, 1.54) is 6.42 Å². The summed E-state index contributed by atoms with van der Waals surface area (Å²) >= 11 is 5.98. The number of rotatable bonds is 4. The first kappa shape index (κ1) is 15.3. The number of amides is 1. The number of carbonyl (C=O) groups is 1. The standard InChI is InChI=1S/C16H23ClN2O/c1-3-12-7-8-18-15(10-12)16(20)19(2)11-13-5-4-6-14(17)9-13/h4-6,9,12,15,18H,3,7-8,10-11H2,1-2H3. The maximum absolute atomic E-state index is 12.5. The molecule has 2 atom stereocenters. The Morgan fingerprint density at radius 3 is 3.00 bits per heavy atom. The zero-order chi connectivity index (χ0) is 14.5. The highest BCUT2D eigenvalue weighted by atomic mass is 35.5. The van der Waals surface area contributed by atoms with Crippen LogP contribution in [0.5, 0.6) is 0 Å². The van der Waals surface area contributed by atoms with Gasteiger partial charge in [0.2, 0.25) is 5.91 Å². The first-order chi connectivity index (χ1) is 9.60. The van der Waals surface area contributed by atoms with Crippen molar-refractivity contribution < 1.29 is 4.79 Å². The molecule has 0 saturated carbocycles. The molecule has 1 aromatic carbocycles. The van der Waals surface area contributed by atoms with E-state index in [2.05, 4.69) is 12.2 Å². The Kier molecular flexibility index (Phi) is 5.44. The molecule has 0 spiro atoms. The second-order valence-corrected chi connectivity index (χ2v) is 6.07. The average molecular weight is 295 g/mol. The van der Waals surface area contributed by atoms with E-state index in [1.807, 2.05) is 31.3 Å². The van der Waals surface area contributed by atoms with Gasteiger partial charge in [-0.1, -0.05) is 37.1 Å². The number of benzene rings is 1. The summed E-state index contributed by atoms with van der Waals surface area (Å²) in [4.78, 5) is 14.3. The van der Waals surface area contributed by atoms with Gasteiger partial charge in [-0.25, -0.2) is 0 Å². The van der Waals surface area contributed by atoms with Crippen molar-refractivity contribution in [3.63, 3.8) is 0 Å². The number of hydrogen-bond donors (Lipinski definition) is 1. The molecule has 110 valence electrons. The lowest BCUT2D eigenvalue weighted by Crippen LogP contribution is -2.49. The van der Waals surface area contributed by atoms with Crippen LogP contribution < -0.4 is 5.32 Å². The van der Waals surface area contributed by atoms with Crippen LogP contribution in [0.15, 0.2) is 24.3 Å². The van der Waals surface area contributed by atoms with E-state index < -0.39 is 0 Å². The van der Waals surface area contributed by atoms with Crippen molar-refractivity contribution in [2.24, 2.45) is 5.92 Å². The molecule has 3 nitrogen and oxygen atoms in total. The van der Waals surface area contributed by atoms with E-state index in [0.29, 0.717) is 17.5 Å². The Bertz CT molecular complexity index is 464. The minimum Gasteiger partial charge on any atom is -0.340 e. The summed E-state index contributed by atoms with van der Waals surface area (Å²) < 4.78 is 0. The molecule has 0 aliphatic carbocycles. The highest BCUT2D eigenvalue weighted by molar-refractivity contribution is 6.30. The van der Waals surface area contributed by atoms with Crippen molar-refractivity contribution in [3.05, 3.63) is 34.9 Å². The topological polar surface area (TPSA) is 32.3 Å². The predicted octanol–water partition coefficient (Wildman–Crippen LogP) is 3.08. The summed E-state index contributed by atoms with van der Waals surface area (Å²) in [6, 6.07) is 7.65. The van der Waals surface area contributed by atoms with Gasteiger partial charge < -0.3 is 10.2 Å². The normalized spacial score (nSPS) is 22.6. The monoisotopic (exact) mass is 294 g/mol. The zero-order valence-corrected chi connectivity index (χ0v) is 13.0. The predicted molar refractivity (Wildman–Crippen MR) is 82.7 cm³/mol. The molecule has 0 bridgehead atoms. The molecule has 0 aromatic heterocycles. The van der Waals surface area contributed by atoms with Gasteiger partial charge in [-0.3, -0.25) is 4.79 Å². The minimum absolute atomic E-state index is 0.0297. The third-order valence-corrected chi connectivity index (χ3v) is 4.31. The lowest BCUT2D eigenvalue weighted by Gasteiger charge is -2.31. The molecule has 0 radical (unpaired) electrons. The second-order valence-electron chi connectivity index (χ2n) is 5.63. The van der Waals surface area contributed by atoms with Crippen LogP contribution in [-0.2, 0) is 11.3 Å². The molecule has 1 heterocycles. The number of carbonyl (C=O) groups excluding carboxylic acids is 1. The van der Waals surface area contributed by atoms with Crippen LogP contribution in [0.4, 0.5) is 0 Å². The Morgan fingerprint density at radius 2 is 2.30 bits per heavy atom. The van der Waals surface area contributed by atoms with Crippen molar-refractivity contribution in [2.75, 3.05) is 13.6 Å². The first-order valence-corrected chi connectivity index (χ1v) is 7.70. The van der Waals surface area contributed by atoms with Gasteiger partial charge in [-0.2, -0.15) is 0 Å². The van der Waals surface area contributed by atoms with Gasteiger partial charge in [0, 0.05) is 18.6 Å². The molecule has 20 heavy (non-hydrogen) atoms. The van der Waals surface area contributed by atoms with E-state index in [1.54, 1.807) is 4.90 Å². The van der Waals surface area contributed by atoms with Gasteiger partial charge in [-0.05, 0) is 43.0 Å². The average Bonchev–Trinajstić information content (AvgIpc) is 2.46. The van der Waals surface area contributed by atoms with Crippen LogP contribution >= 0.6 is 11.6 Å². The Hall–Kier alpha value is -1.06. The van der Waals surface area contributed by atoms with Crippen LogP contribution in [0.1, 0.15) is 31.7 Å². The molecule has 1 amide bonds. The largest absolute Gasteiger partial charge is 0.340 e. The molecule has 1 fully saturated rings. The van der Waals surface area contributed by atoms with Crippen LogP contribution in [0.25, 0.3) is 0 Å². The van der Waals surface area contributed by atoms with Gasteiger partial charge in [0.05, 0.1) is 6.04 Å². The van der Waals surface area contributed by atoms with Gasteiger partial charge in [-0.15, -0.1) is 0 Å². The Labute approximate surface area is 126 Å². The number of nitrogens with one attached hydrogen (secondary N) is 1. The molecular formula is C16H23ClN2O. The lowest BCUT2D eigenvalue weighted by molar-refractivity contribution is -0.133. The molecule has 2 unspecified atom stereocenters. The molecule has 1 N–H and O–H groups in total. The van der Waals surface area contributed by atoms with Gasteiger partial charge in [0.15, 0.2) is 0 Å². The summed E-state index contributed by atoms with van der Waals surface area (Å²) in [6.45, 7) is 3.75. The molecular weight excluding hydrogens is 272 g/mol. The van der Waals surface area contributed by atoms with E-state index in [-0.39, 0.29) is 11.9 Å². The van der Waals surface area contributed by atoms with Gasteiger partial charge in [0.25, 0.3) is 0 Å². The van der Waals surface area contributed by atoms with Crippen molar-refractivity contribution in [1.82, 2.24) is 10.2 Å². The SMILES string of the molecule is CCC1CCNC(C(=O)N(C)Cc2cccc(Cl)c2)C1. The first-order valence-electron chi connectivity index (χ1n) is 7.33. The Morgan fingerprint density at radius 1 is 1.50 bits per heavy atom. The van der Waals surface area contributed by atoms with E-state index >= 15 is 0 Å². The molecule has 1 aliphatic rings. The minimum atomic E-state index is -0.0297. The highest BCUT2D eigenvalue weighted by Crippen LogP contribution is 2.21. The number of hydrogen-bond acceptors (Lipinski definition) is 2. The van der Waals surface area contributed by atoms with Crippen molar-refractivity contribution in [3.8, 4) is 0 Å². The molecule has 1 saturated heterocycles.